The summed E-state index contributed by atoms with van der Waals surface area (Å²) in [6.07, 6.45) is 4.14. The zero-order valence-electron chi connectivity index (χ0n) is 14.3. The second-order valence-corrected chi connectivity index (χ2v) is 8.01. The number of rotatable bonds is 2. The van der Waals surface area contributed by atoms with E-state index in [0.29, 0.717) is 15.6 Å². The van der Waals surface area contributed by atoms with Crippen molar-refractivity contribution in [2.24, 2.45) is 0 Å². The first-order valence-corrected chi connectivity index (χ1v) is 9.70. The van der Waals surface area contributed by atoms with Crippen molar-refractivity contribution in [2.45, 2.75) is 31.2 Å². The smallest absolute Gasteiger partial charge is 0.235 e. The topological polar surface area (TPSA) is 51.1 Å². The summed E-state index contributed by atoms with van der Waals surface area (Å²) >= 11 is 12.4. The minimum Gasteiger partial charge on any atom is -0.347 e. The van der Waals surface area contributed by atoms with Crippen LogP contribution < -0.4 is 5.32 Å². The normalized spacial score (nSPS) is 21.7. The molecule has 0 radical (unpaired) electrons. The van der Waals surface area contributed by atoms with Crippen LogP contribution in [-0.2, 0) is 22.6 Å². The van der Waals surface area contributed by atoms with Gasteiger partial charge in [0, 0.05) is 28.2 Å². The number of aryl methyl sites for hydroxylation is 2. The minimum absolute atomic E-state index is 0.278. The van der Waals surface area contributed by atoms with Crippen molar-refractivity contribution in [1.82, 2.24) is 9.88 Å². The lowest BCUT2D eigenvalue weighted by Gasteiger charge is -2.17. The Bertz CT molecular complexity index is 1120. The molecule has 2 aliphatic heterocycles. The van der Waals surface area contributed by atoms with E-state index in [2.05, 4.69) is 16.0 Å². The Balaban J connectivity index is 1.71. The van der Waals surface area contributed by atoms with E-state index in [1.807, 2.05) is 18.3 Å². The predicted octanol–water partition coefficient (Wildman–Crippen LogP) is 4.42. The van der Waals surface area contributed by atoms with Crippen LogP contribution in [0, 0.1) is 0 Å². The third kappa shape index (κ3) is 2.51. The van der Waals surface area contributed by atoms with Gasteiger partial charge in [-0.25, -0.2) is 0 Å². The molecule has 1 fully saturated rings. The van der Waals surface area contributed by atoms with E-state index in [-0.39, 0.29) is 11.8 Å². The van der Waals surface area contributed by atoms with Crippen LogP contribution in [0.3, 0.4) is 0 Å². The largest absolute Gasteiger partial charge is 0.347 e. The fourth-order valence-corrected chi connectivity index (χ4v) is 5.03. The van der Waals surface area contributed by atoms with Gasteiger partial charge in [-0.3, -0.25) is 14.9 Å². The van der Waals surface area contributed by atoms with Gasteiger partial charge in [-0.15, -0.1) is 0 Å². The number of imide groups is 1. The van der Waals surface area contributed by atoms with Crippen LogP contribution in [0.15, 0.2) is 42.6 Å². The Hall–Kier alpha value is -2.30. The highest BCUT2D eigenvalue weighted by molar-refractivity contribution is 6.35. The Morgan fingerprint density at radius 2 is 1.78 bits per heavy atom. The highest BCUT2D eigenvalue weighted by atomic mass is 35.5. The lowest BCUT2D eigenvalue weighted by molar-refractivity contribution is -0.125. The number of para-hydroxylation sites is 1. The number of nitrogens with zero attached hydrogens (tertiary/aromatic N) is 1. The molecule has 27 heavy (non-hydrogen) atoms. The molecule has 3 heterocycles. The molecular weight excluding hydrogens is 383 g/mol. The first kappa shape index (κ1) is 16.8. The van der Waals surface area contributed by atoms with Gasteiger partial charge in [-0.2, -0.15) is 0 Å². The molecule has 0 saturated carbocycles. The summed E-state index contributed by atoms with van der Waals surface area (Å²) in [6, 6.07) is 11.2. The molecule has 2 amide bonds. The van der Waals surface area contributed by atoms with Crippen LogP contribution in [0.25, 0.3) is 10.9 Å². The van der Waals surface area contributed by atoms with Crippen LogP contribution >= 0.6 is 23.2 Å². The molecule has 1 aromatic heterocycles. The maximum Gasteiger partial charge on any atom is 0.235 e. The molecule has 1 saturated heterocycles. The standard InChI is InChI=1S/C21H16Cl2N2O2/c22-12-6-7-14(16(23)9-12)17-18(21(27)24-20(17)26)15-10-25-8-2-4-11-3-1-5-13(15)19(11)25/h1,3,5-7,9-10,17-18H,2,4,8H2,(H,24,26,27)/t17-,18-/m1/s1. The molecule has 4 nitrogen and oxygen atoms in total. The first-order chi connectivity index (χ1) is 13.0. The highest BCUT2D eigenvalue weighted by Gasteiger charge is 2.45. The highest BCUT2D eigenvalue weighted by Crippen LogP contribution is 2.44. The van der Waals surface area contributed by atoms with Gasteiger partial charge < -0.3 is 4.57 Å². The summed E-state index contributed by atoms with van der Waals surface area (Å²) in [6.45, 7) is 0.919. The zero-order valence-corrected chi connectivity index (χ0v) is 15.8. The number of benzene rings is 2. The van der Waals surface area contributed by atoms with Gasteiger partial charge in [0.05, 0.1) is 17.4 Å². The van der Waals surface area contributed by atoms with Gasteiger partial charge in [0.25, 0.3) is 0 Å². The molecule has 0 bridgehead atoms. The van der Waals surface area contributed by atoms with Crippen LogP contribution in [0.1, 0.15) is 34.9 Å². The molecule has 0 spiro atoms. The fraction of sp³-hybridized carbons (Fsp3) is 0.238. The summed E-state index contributed by atoms with van der Waals surface area (Å²) in [5, 5.41) is 4.43. The Morgan fingerprint density at radius 1 is 1.00 bits per heavy atom. The van der Waals surface area contributed by atoms with Crippen molar-refractivity contribution < 1.29 is 9.59 Å². The van der Waals surface area contributed by atoms with Crippen LogP contribution in [0.2, 0.25) is 10.0 Å². The molecular formula is C21H16Cl2N2O2. The van der Waals surface area contributed by atoms with Gasteiger partial charge in [-0.1, -0.05) is 47.5 Å². The van der Waals surface area contributed by atoms with Gasteiger partial charge >= 0.3 is 0 Å². The van der Waals surface area contributed by atoms with Gasteiger partial charge in [0.15, 0.2) is 0 Å². The van der Waals surface area contributed by atoms with Crippen molar-refractivity contribution in [2.75, 3.05) is 0 Å². The second-order valence-electron chi connectivity index (χ2n) is 7.17. The van der Waals surface area contributed by atoms with Crippen molar-refractivity contribution in [3.05, 3.63) is 69.3 Å². The first-order valence-electron chi connectivity index (χ1n) is 8.95. The fourth-order valence-electron chi connectivity index (χ4n) is 4.51. The SMILES string of the molecule is O=C1NC(=O)[C@H](c2cn3c4c(cccc24)CCC3)[C@H]1c1ccc(Cl)cc1Cl. The summed E-state index contributed by atoms with van der Waals surface area (Å²) in [5.41, 5.74) is 3.97. The van der Waals surface area contributed by atoms with E-state index in [1.54, 1.807) is 18.2 Å². The van der Waals surface area contributed by atoms with Crippen molar-refractivity contribution in [3.63, 3.8) is 0 Å². The van der Waals surface area contributed by atoms with Gasteiger partial charge in [-0.05, 0) is 41.7 Å². The molecule has 2 aromatic carbocycles. The lowest BCUT2D eigenvalue weighted by atomic mass is 9.83. The summed E-state index contributed by atoms with van der Waals surface area (Å²) < 4.78 is 2.21. The predicted molar refractivity (Wildman–Crippen MR) is 105 cm³/mol. The minimum atomic E-state index is -0.661. The number of aromatic nitrogens is 1. The number of hydrogen-bond donors (Lipinski definition) is 1. The van der Waals surface area contributed by atoms with Crippen molar-refractivity contribution in [3.8, 4) is 0 Å². The number of halogens is 2. The van der Waals surface area contributed by atoms with Crippen LogP contribution in [-0.4, -0.2) is 16.4 Å². The Morgan fingerprint density at radius 3 is 2.56 bits per heavy atom. The molecule has 6 heteroatoms. The third-order valence-corrected chi connectivity index (χ3v) is 6.20. The van der Waals surface area contributed by atoms with E-state index in [9.17, 15) is 9.59 Å². The van der Waals surface area contributed by atoms with E-state index >= 15 is 0 Å². The molecule has 0 unspecified atom stereocenters. The number of carbonyl (C=O) groups excluding carboxylic acids is 2. The van der Waals surface area contributed by atoms with Gasteiger partial charge in [0.1, 0.15) is 0 Å². The van der Waals surface area contributed by atoms with Crippen molar-refractivity contribution in [1.29, 1.82) is 0 Å². The maximum atomic E-state index is 12.8. The van der Waals surface area contributed by atoms with Crippen LogP contribution in [0.4, 0.5) is 0 Å². The van der Waals surface area contributed by atoms with E-state index in [4.69, 9.17) is 23.2 Å². The van der Waals surface area contributed by atoms with Crippen LogP contribution in [0.5, 0.6) is 0 Å². The summed E-state index contributed by atoms with van der Waals surface area (Å²) in [5.74, 6) is -1.86. The Labute approximate surface area is 166 Å². The molecule has 5 rings (SSSR count). The molecule has 136 valence electrons. The van der Waals surface area contributed by atoms with E-state index in [1.165, 1.54) is 11.1 Å². The molecule has 0 aliphatic carbocycles. The van der Waals surface area contributed by atoms with Crippen molar-refractivity contribution >= 4 is 45.9 Å². The molecule has 3 aromatic rings. The summed E-state index contributed by atoms with van der Waals surface area (Å²) in [4.78, 5) is 25.4. The molecule has 2 atom stereocenters. The molecule has 2 aliphatic rings. The monoisotopic (exact) mass is 398 g/mol. The maximum absolute atomic E-state index is 12.8. The van der Waals surface area contributed by atoms with Gasteiger partial charge in [0.2, 0.25) is 11.8 Å². The number of amides is 2. The number of carbonyl (C=O) groups is 2. The van der Waals surface area contributed by atoms with E-state index < -0.39 is 11.8 Å². The second kappa shape index (κ2) is 6.11. The number of nitrogens with one attached hydrogen (secondary N) is 1. The average Bonchev–Trinajstić information content (AvgIpc) is 3.14. The summed E-state index contributed by atoms with van der Waals surface area (Å²) in [7, 11) is 0. The zero-order chi connectivity index (χ0) is 18.7. The average molecular weight is 399 g/mol. The number of hydrogen-bond acceptors (Lipinski definition) is 2. The molecule has 1 N–H and O–H groups in total. The quantitative estimate of drug-likeness (QED) is 0.649. The Kier molecular flexibility index (Phi) is 3.81. The van der Waals surface area contributed by atoms with E-state index in [0.717, 1.165) is 30.3 Å². The third-order valence-electron chi connectivity index (χ3n) is 5.64. The lowest BCUT2D eigenvalue weighted by Crippen LogP contribution is -2.21.